The van der Waals surface area contributed by atoms with E-state index in [-0.39, 0.29) is 24.6 Å². The summed E-state index contributed by atoms with van der Waals surface area (Å²) in [4.78, 5) is 30.2. The van der Waals surface area contributed by atoms with E-state index in [4.69, 9.17) is 4.74 Å². The van der Waals surface area contributed by atoms with Crippen molar-refractivity contribution >= 4 is 23.0 Å². The largest absolute Gasteiger partial charge is 0.464 e. The molecule has 7 nitrogen and oxygen atoms in total. The molecule has 5 rings (SSSR count). The van der Waals surface area contributed by atoms with Gasteiger partial charge in [-0.2, -0.15) is 0 Å². The van der Waals surface area contributed by atoms with Crippen molar-refractivity contribution in [1.82, 2.24) is 14.5 Å². The zero-order valence-electron chi connectivity index (χ0n) is 20.6. The molecular formula is C27H29F2N3O4. The van der Waals surface area contributed by atoms with E-state index >= 15 is 0 Å². The lowest BCUT2D eigenvalue weighted by Crippen LogP contribution is -2.53. The molecule has 0 radical (unpaired) electrons. The molecule has 0 bridgehead atoms. The summed E-state index contributed by atoms with van der Waals surface area (Å²) in [7, 11) is 1.30. The van der Waals surface area contributed by atoms with Crippen molar-refractivity contribution in [3.05, 3.63) is 64.6 Å². The Morgan fingerprint density at radius 3 is 2.56 bits per heavy atom. The van der Waals surface area contributed by atoms with Crippen LogP contribution in [0.25, 0.3) is 10.9 Å². The highest BCUT2D eigenvalue weighted by atomic mass is 19.3. The molecular weight excluding hydrogens is 468 g/mol. The number of hydrogen-bond acceptors (Lipinski definition) is 5. The Hall–Kier alpha value is -3.33. The second kappa shape index (κ2) is 8.65. The van der Waals surface area contributed by atoms with Gasteiger partial charge in [-0.1, -0.05) is 12.1 Å². The molecule has 3 heterocycles. The first-order valence-electron chi connectivity index (χ1n) is 12.0. The first-order chi connectivity index (χ1) is 17.0. The lowest BCUT2D eigenvalue weighted by atomic mass is 9.59. The van der Waals surface area contributed by atoms with Gasteiger partial charge in [0.2, 0.25) is 5.92 Å². The summed E-state index contributed by atoms with van der Waals surface area (Å²) in [5.74, 6) is -3.14. The molecule has 0 unspecified atom stereocenters. The second-order valence-electron chi connectivity index (χ2n) is 10.3. The lowest BCUT2D eigenvalue weighted by Gasteiger charge is -2.54. The van der Waals surface area contributed by atoms with Crippen LogP contribution in [-0.2, 0) is 11.3 Å². The number of carbonyl (C=O) groups is 2. The molecule has 1 aliphatic heterocycles. The van der Waals surface area contributed by atoms with Gasteiger partial charge < -0.3 is 9.84 Å². The van der Waals surface area contributed by atoms with Gasteiger partial charge >= 0.3 is 12.1 Å². The number of aromatic nitrogens is 2. The van der Waals surface area contributed by atoms with E-state index in [1.165, 1.54) is 11.7 Å². The van der Waals surface area contributed by atoms with Gasteiger partial charge in [0, 0.05) is 43.2 Å². The number of rotatable bonds is 4. The van der Waals surface area contributed by atoms with Crippen LogP contribution in [0.4, 0.5) is 13.6 Å². The van der Waals surface area contributed by atoms with Crippen LogP contribution in [0.3, 0.4) is 0 Å². The number of ether oxygens (including phenoxy) is 1. The Labute approximate surface area is 207 Å². The van der Waals surface area contributed by atoms with Crippen molar-refractivity contribution in [2.24, 2.45) is 5.41 Å². The van der Waals surface area contributed by atoms with Gasteiger partial charge in [-0.05, 0) is 73.0 Å². The third-order valence-corrected chi connectivity index (χ3v) is 7.89. The van der Waals surface area contributed by atoms with E-state index in [0.717, 1.165) is 27.6 Å². The highest BCUT2D eigenvalue weighted by molar-refractivity contribution is 5.93. The number of halogens is 2. The van der Waals surface area contributed by atoms with Crippen molar-refractivity contribution in [2.75, 3.05) is 13.7 Å². The maximum absolute atomic E-state index is 13.9. The van der Waals surface area contributed by atoms with Crippen LogP contribution in [0.1, 0.15) is 64.5 Å². The summed E-state index contributed by atoms with van der Waals surface area (Å²) < 4.78 is 33.8. The molecule has 2 fully saturated rings. The number of fused-ring (bicyclic) bond motifs is 1. The quantitative estimate of drug-likeness (QED) is 0.464. The number of esters is 1. The van der Waals surface area contributed by atoms with Gasteiger partial charge in [-0.15, -0.1) is 0 Å². The Balaban J connectivity index is 1.51. The number of hydrogen-bond donors (Lipinski definition) is 1. The van der Waals surface area contributed by atoms with Crippen LogP contribution in [0, 0.1) is 19.3 Å². The standard InChI is InChI=1S/C27H29F2N3O4/c1-16-10-17(2)23-19(6-8-32(23)25(34)35)20(16)13-31-9-7-26(14-27(28,29)15-26)11-22(31)18-4-5-21(30-12-18)24(33)36-3/h4-6,8,10,12,22H,7,9,11,13-15H2,1-3H3,(H,34,35)/t22-/m0/s1. The predicted octanol–water partition coefficient (Wildman–Crippen LogP) is 5.72. The third kappa shape index (κ3) is 4.15. The smallest absolute Gasteiger partial charge is 0.416 e. The van der Waals surface area contributed by atoms with Crippen molar-refractivity contribution in [1.29, 1.82) is 0 Å². The van der Waals surface area contributed by atoms with E-state index in [9.17, 15) is 23.5 Å². The summed E-state index contributed by atoms with van der Waals surface area (Å²) in [5.41, 5.74) is 4.27. The molecule has 3 aromatic rings. The SMILES string of the molecule is COC(=O)c1ccc([C@@H]2CC3(CCN2Cc2c(C)cc(C)c4c2ccn4C(=O)O)CC(F)(F)C3)cn1. The Morgan fingerprint density at radius 2 is 1.94 bits per heavy atom. The van der Waals surface area contributed by atoms with E-state index in [1.54, 1.807) is 18.5 Å². The highest BCUT2D eigenvalue weighted by Crippen LogP contribution is 2.60. The van der Waals surface area contributed by atoms with Crippen LogP contribution in [0.5, 0.6) is 0 Å². The fourth-order valence-electron chi connectivity index (χ4n) is 6.23. The fraction of sp³-hybridized carbons (Fsp3) is 0.444. The Kier molecular flexibility index (Phi) is 5.86. The summed E-state index contributed by atoms with van der Waals surface area (Å²) in [6.07, 6.45) is 3.21. The van der Waals surface area contributed by atoms with Gasteiger partial charge in [0.1, 0.15) is 5.69 Å². The van der Waals surface area contributed by atoms with Crippen molar-refractivity contribution in [3.63, 3.8) is 0 Å². The second-order valence-corrected chi connectivity index (χ2v) is 10.3. The van der Waals surface area contributed by atoms with Crippen molar-refractivity contribution in [3.8, 4) is 0 Å². The molecule has 1 atom stereocenters. The fourth-order valence-corrected chi connectivity index (χ4v) is 6.23. The third-order valence-electron chi connectivity index (χ3n) is 7.89. The van der Waals surface area contributed by atoms with Crippen LogP contribution >= 0.6 is 0 Å². The molecule has 36 heavy (non-hydrogen) atoms. The summed E-state index contributed by atoms with van der Waals surface area (Å²) >= 11 is 0. The molecule has 2 aromatic heterocycles. The van der Waals surface area contributed by atoms with Gasteiger partial charge in [0.25, 0.3) is 0 Å². The molecule has 1 aromatic carbocycles. The van der Waals surface area contributed by atoms with Gasteiger partial charge in [0.05, 0.1) is 12.6 Å². The number of pyridine rings is 1. The molecule has 0 amide bonds. The summed E-state index contributed by atoms with van der Waals surface area (Å²) in [6.45, 7) is 5.09. The summed E-state index contributed by atoms with van der Waals surface area (Å²) in [6, 6.07) is 7.10. The van der Waals surface area contributed by atoms with E-state index in [0.29, 0.717) is 31.4 Å². The van der Waals surface area contributed by atoms with Gasteiger partial charge in [0.15, 0.2) is 0 Å². The zero-order valence-corrected chi connectivity index (χ0v) is 20.6. The predicted molar refractivity (Wildman–Crippen MR) is 129 cm³/mol. The number of methoxy groups -OCH3 is 1. The Bertz CT molecular complexity index is 1340. The average molecular weight is 498 g/mol. The Morgan fingerprint density at radius 1 is 1.19 bits per heavy atom. The maximum atomic E-state index is 13.9. The van der Waals surface area contributed by atoms with Crippen LogP contribution in [0.15, 0.2) is 36.7 Å². The van der Waals surface area contributed by atoms with Crippen LogP contribution in [0.2, 0.25) is 0 Å². The molecule has 2 aliphatic rings. The zero-order chi connectivity index (χ0) is 25.8. The number of nitrogens with zero attached hydrogens (tertiary/aromatic N) is 3. The molecule has 1 aliphatic carbocycles. The number of piperidine rings is 1. The number of likely N-dealkylation sites (tertiary alicyclic amines) is 1. The van der Waals surface area contributed by atoms with Crippen molar-refractivity contribution in [2.45, 2.75) is 58.0 Å². The number of carbonyl (C=O) groups excluding carboxylic acids is 1. The van der Waals surface area contributed by atoms with Crippen LogP contribution < -0.4 is 0 Å². The van der Waals surface area contributed by atoms with E-state index in [2.05, 4.69) is 9.88 Å². The van der Waals surface area contributed by atoms with Gasteiger partial charge in [-0.25, -0.2) is 23.4 Å². The molecule has 1 spiro atoms. The van der Waals surface area contributed by atoms with E-state index in [1.807, 2.05) is 32.0 Å². The minimum atomic E-state index is -2.61. The van der Waals surface area contributed by atoms with Gasteiger partial charge in [-0.3, -0.25) is 9.47 Å². The highest BCUT2D eigenvalue weighted by Gasteiger charge is 2.58. The molecule has 1 saturated heterocycles. The average Bonchev–Trinajstić information content (AvgIpc) is 3.27. The number of aryl methyl sites for hydroxylation is 2. The number of alkyl halides is 2. The molecule has 9 heteroatoms. The topological polar surface area (TPSA) is 84.7 Å². The van der Waals surface area contributed by atoms with Crippen LogP contribution in [-0.4, -0.2) is 51.2 Å². The minimum Gasteiger partial charge on any atom is -0.464 e. The maximum Gasteiger partial charge on any atom is 0.416 e. The number of carboxylic acid groups (broad SMARTS) is 1. The monoisotopic (exact) mass is 497 g/mol. The number of benzene rings is 1. The summed E-state index contributed by atoms with van der Waals surface area (Å²) in [5, 5.41) is 10.5. The first-order valence-corrected chi connectivity index (χ1v) is 12.0. The first kappa shape index (κ1) is 24.4. The molecule has 1 N–H and O–H groups in total. The molecule has 190 valence electrons. The van der Waals surface area contributed by atoms with Crippen molar-refractivity contribution < 1.29 is 28.2 Å². The lowest BCUT2D eigenvalue weighted by molar-refractivity contribution is -0.186. The minimum absolute atomic E-state index is 0.104. The van der Waals surface area contributed by atoms with E-state index < -0.39 is 23.4 Å². The molecule has 1 saturated carbocycles. The normalized spacial score (nSPS) is 20.9.